The van der Waals surface area contributed by atoms with Gasteiger partial charge in [0.1, 0.15) is 11.5 Å². The van der Waals surface area contributed by atoms with Crippen LogP contribution in [0.25, 0.3) is 6.08 Å². The summed E-state index contributed by atoms with van der Waals surface area (Å²) in [7, 11) is 0. The second-order valence-electron chi connectivity index (χ2n) is 7.84. The highest BCUT2D eigenvalue weighted by Crippen LogP contribution is 2.23. The van der Waals surface area contributed by atoms with Crippen molar-refractivity contribution in [1.82, 2.24) is 5.32 Å². The number of thiophene rings is 1. The van der Waals surface area contributed by atoms with Gasteiger partial charge in [0.2, 0.25) is 5.91 Å². The number of hydrogen-bond donors (Lipinski definition) is 3. The van der Waals surface area contributed by atoms with Crippen LogP contribution >= 0.6 is 34.7 Å². The Morgan fingerprint density at radius 3 is 2.32 bits per heavy atom. The first kappa shape index (κ1) is 27.1. The molecule has 1 aromatic heterocycles. The van der Waals surface area contributed by atoms with E-state index in [2.05, 4.69) is 16.0 Å². The van der Waals surface area contributed by atoms with E-state index < -0.39 is 17.6 Å². The molecule has 38 heavy (non-hydrogen) atoms. The maximum atomic E-state index is 13.3. The van der Waals surface area contributed by atoms with Gasteiger partial charge in [0.05, 0.1) is 10.8 Å². The second kappa shape index (κ2) is 13.0. The summed E-state index contributed by atoms with van der Waals surface area (Å²) >= 11 is 8.49. The van der Waals surface area contributed by atoms with Gasteiger partial charge >= 0.3 is 0 Å². The molecule has 0 saturated carbocycles. The van der Waals surface area contributed by atoms with Crippen molar-refractivity contribution in [2.45, 2.75) is 4.90 Å². The third kappa shape index (κ3) is 7.79. The Morgan fingerprint density at radius 2 is 1.63 bits per heavy atom. The van der Waals surface area contributed by atoms with Crippen LogP contribution in [0, 0.1) is 5.82 Å². The molecule has 192 valence electrons. The summed E-state index contributed by atoms with van der Waals surface area (Å²) in [6.07, 6.45) is 1.62. The van der Waals surface area contributed by atoms with Crippen LogP contribution in [0.5, 0.6) is 0 Å². The van der Waals surface area contributed by atoms with E-state index in [0.717, 1.165) is 9.77 Å². The van der Waals surface area contributed by atoms with Gasteiger partial charge in [-0.25, -0.2) is 4.39 Å². The Labute approximate surface area is 231 Å². The summed E-state index contributed by atoms with van der Waals surface area (Å²) in [6.45, 7) is 0. The first-order valence-corrected chi connectivity index (χ1v) is 13.5. The Hall–Kier alpha value is -3.92. The van der Waals surface area contributed by atoms with Gasteiger partial charge in [-0.3, -0.25) is 14.4 Å². The number of rotatable bonds is 9. The van der Waals surface area contributed by atoms with Crippen LogP contribution in [0.15, 0.2) is 101 Å². The lowest BCUT2D eigenvalue weighted by Gasteiger charge is -2.11. The standard InChI is InChI=1S/C28H21ClFN3O3S2/c29-23-15-20(10-13-24(23)30)31-26(34)17-38-21-11-8-19(9-12-21)32-28(36)25(16-22-7-4-14-37-22)33-27(35)18-5-2-1-3-6-18/h1-16H,17H2,(H,31,34)(H,32,36)(H,33,35)/b25-16-. The van der Waals surface area contributed by atoms with Gasteiger partial charge in [-0.15, -0.1) is 23.1 Å². The average molecular weight is 566 g/mol. The van der Waals surface area contributed by atoms with E-state index in [-0.39, 0.29) is 22.4 Å². The maximum absolute atomic E-state index is 13.3. The third-order valence-electron chi connectivity index (χ3n) is 5.04. The van der Waals surface area contributed by atoms with E-state index in [1.807, 2.05) is 23.6 Å². The Bertz CT molecular complexity index is 1460. The van der Waals surface area contributed by atoms with E-state index in [9.17, 15) is 18.8 Å². The predicted molar refractivity (Wildman–Crippen MR) is 152 cm³/mol. The smallest absolute Gasteiger partial charge is 0.272 e. The lowest BCUT2D eigenvalue weighted by Crippen LogP contribution is -2.30. The highest BCUT2D eigenvalue weighted by Gasteiger charge is 2.15. The van der Waals surface area contributed by atoms with Crippen LogP contribution in [0.3, 0.4) is 0 Å². The molecule has 4 rings (SSSR count). The number of nitrogens with one attached hydrogen (secondary N) is 3. The normalized spacial score (nSPS) is 11.1. The molecule has 4 aromatic rings. The van der Waals surface area contributed by atoms with Gasteiger partial charge in [0.25, 0.3) is 11.8 Å². The minimum absolute atomic E-state index is 0.0684. The molecule has 0 aliphatic carbocycles. The quantitative estimate of drug-likeness (QED) is 0.156. The molecule has 0 fully saturated rings. The molecule has 6 nitrogen and oxygen atoms in total. The van der Waals surface area contributed by atoms with Crippen LogP contribution in [0.1, 0.15) is 15.2 Å². The van der Waals surface area contributed by atoms with Gasteiger partial charge < -0.3 is 16.0 Å². The Morgan fingerprint density at radius 1 is 0.895 bits per heavy atom. The molecule has 0 bridgehead atoms. The molecule has 1 heterocycles. The van der Waals surface area contributed by atoms with Gasteiger partial charge in [-0.2, -0.15) is 0 Å². The fraction of sp³-hybridized carbons (Fsp3) is 0.0357. The van der Waals surface area contributed by atoms with Crippen molar-refractivity contribution in [2.75, 3.05) is 16.4 Å². The lowest BCUT2D eigenvalue weighted by molar-refractivity contribution is -0.114. The molecular formula is C28H21ClFN3O3S2. The van der Waals surface area contributed by atoms with E-state index >= 15 is 0 Å². The zero-order valence-corrected chi connectivity index (χ0v) is 22.1. The molecule has 0 spiro atoms. The molecule has 0 saturated heterocycles. The maximum Gasteiger partial charge on any atom is 0.272 e. The molecule has 0 aliphatic rings. The Balaban J connectivity index is 1.36. The third-order valence-corrected chi connectivity index (χ3v) is 7.17. The number of amides is 3. The van der Waals surface area contributed by atoms with Crippen LogP contribution in [-0.4, -0.2) is 23.5 Å². The summed E-state index contributed by atoms with van der Waals surface area (Å²) < 4.78 is 13.3. The molecule has 0 unspecified atom stereocenters. The number of hydrogen-bond acceptors (Lipinski definition) is 5. The number of halogens is 2. The topological polar surface area (TPSA) is 87.3 Å². The first-order valence-electron chi connectivity index (χ1n) is 11.3. The van der Waals surface area contributed by atoms with Crippen molar-refractivity contribution in [3.8, 4) is 0 Å². The average Bonchev–Trinajstić information content (AvgIpc) is 3.44. The SMILES string of the molecule is O=C(CSc1ccc(NC(=O)/C(=C/c2cccs2)NC(=O)c2ccccc2)cc1)Nc1ccc(F)c(Cl)c1. The van der Waals surface area contributed by atoms with Crippen LogP contribution in [-0.2, 0) is 9.59 Å². The van der Waals surface area contributed by atoms with Crippen molar-refractivity contribution in [3.63, 3.8) is 0 Å². The van der Waals surface area contributed by atoms with Crippen LogP contribution in [0.2, 0.25) is 5.02 Å². The largest absolute Gasteiger partial charge is 0.325 e. The van der Waals surface area contributed by atoms with Crippen molar-refractivity contribution in [1.29, 1.82) is 0 Å². The van der Waals surface area contributed by atoms with E-state index in [0.29, 0.717) is 16.9 Å². The summed E-state index contributed by atoms with van der Waals surface area (Å²) in [6, 6.07) is 23.3. The number of benzene rings is 3. The van der Waals surface area contributed by atoms with Crippen LogP contribution < -0.4 is 16.0 Å². The summed E-state index contributed by atoms with van der Waals surface area (Å²) in [5, 5.41) is 9.98. The minimum Gasteiger partial charge on any atom is -0.325 e. The fourth-order valence-corrected chi connectivity index (χ4v) is 4.75. The predicted octanol–water partition coefficient (Wildman–Crippen LogP) is 6.68. The summed E-state index contributed by atoms with van der Waals surface area (Å²) in [5.41, 5.74) is 1.48. The highest BCUT2D eigenvalue weighted by molar-refractivity contribution is 8.00. The monoisotopic (exact) mass is 565 g/mol. The van der Waals surface area contributed by atoms with Gasteiger partial charge in [-0.05, 0) is 72.1 Å². The van der Waals surface area contributed by atoms with E-state index in [1.165, 1.54) is 41.3 Å². The molecule has 3 amide bonds. The highest BCUT2D eigenvalue weighted by atomic mass is 35.5. The van der Waals surface area contributed by atoms with Crippen molar-refractivity contribution in [2.24, 2.45) is 0 Å². The van der Waals surface area contributed by atoms with E-state index in [4.69, 9.17) is 11.6 Å². The molecule has 0 atom stereocenters. The molecule has 10 heteroatoms. The second-order valence-corrected chi connectivity index (χ2v) is 10.3. The molecule has 0 radical (unpaired) electrons. The van der Waals surface area contributed by atoms with Crippen molar-refractivity contribution in [3.05, 3.63) is 117 Å². The van der Waals surface area contributed by atoms with Crippen molar-refractivity contribution >= 4 is 69.9 Å². The number of carbonyl (C=O) groups is 3. The molecule has 3 N–H and O–H groups in total. The van der Waals surface area contributed by atoms with Gasteiger partial charge in [0, 0.05) is 26.7 Å². The fourth-order valence-electron chi connectivity index (χ4n) is 3.21. The zero-order valence-electron chi connectivity index (χ0n) is 19.7. The van der Waals surface area contributed by atoms with Gasteiger partial charge in [0.15, 0.2) is 0 Å². The summed E-state index contributed by atoms with van der Waals surface area (Å²) in [4.78, 5) is 39.6. The number of carbonyl (C=O) groups excluding carboxylic acids is 3. The molecule has 0 aliphatic heterocycles. The van der Waals surface area contributed by atoms with Crippen LogP contribution in [0.4, 0.5) is 15.8 Å². The lowest BCUT2D eigenvalue weighted by atomic mass is 10.2. The number of thioether (sulfide) groups is 1. The summed E-state index contributed by atoms with van der Waals surface area (Å²) in [5.74, 6) is -1.57. The molecular weight excluding hydrogens is 545 g/mol. The van der Waals surface area contributed by atoms with Crippen molar-refractivity contribution < 1.29 is 18.8 Å². The molecule has 3 aromatic carbocycles. The van der Waals surface area contributed by atoms with E-state index in [1.54, 1.807) is 54.6 Å². The Kier molecular flexibility index (Phi) is 9.31. The zero-order chi connectivity index (χ0) is 26.9. The minimum atomic E-state index is -0.557. The number of anilines is 2. The van der Waals surface area contributed by atoms with Gasteiger partial charge in [-0.1, -0.05) is 35.9 Å². The first-order chi connectivity index (χ1) is 18.4.